The van der Waals surface area contributed by atoms with Crippen LogP contribution in [-0.4, -0.2) is 0 Å². The van der Waals surface area contributed by atoms with Gasteiger partial charge in [0.25, 0.3) is 0 Å². The van der Waals surface area contributed by atoms with Gasteiger partial charge in [-0.1, -0.05) is 15.9 Å². The molecule has 1 nitrogen and oxygen atoms in total. The summed E-state index contributed by atoms with van der Waals surface area (Å²) < 4.78 is 5.99. The zero-order valence-corrected chi connectivity index (χ0v) is 8.22. The highest BCUT2D eigenvalue weighted by Crippen LogP contribution is 2.17. The second-order valence-corrected chi connectivity index (χ2v) is 2.89. The monoisotopic (exact) mass is 298 g/mol. The van der Waals surface area contributed by atoms with Gasteiger partial charge in [-0.15, -0.1) is 0 Å². The van der Waals surface area contributed by atoms with E-state index in [0.717, 1.165) is 10.2 Å². The quantitative estimate of drug-likeness (QED) is 0.724. The molecule has 1 aromatic carbocycles. The average molecular weight is 299 g/mol. The van der Waals surface area contributed by atoms with Crippen LogP contribution in [0.15, 0.2) is 28.7 Å². The smallest absolute Gasteiger partial charge is 0.192 e. The van der Waals surface area contributed by atoms with E-state index in [-0.39, 0.29) is 0 Å². The summed E-state index contributed by atoms with van der Waals surface area (Å²) in [6.45, 7) is 0. The molecule has 9 heavy (non-hydrogen) atoms. The molecule has 0 aromatic heterocycles. The molecule has 0 unspecified atom stereocenters. The second kappa shape index (κ2) is 3.41. The van der Waals surface area contributed by atoms with Gasteiger partial charge < -0.3 is 3.07 Å². The van der Waals surface area contributed by atoms with E-state index >= 15 is 0 Å². The first-order valence-corrected chi connectivity index (χ1v) is 4.04. The summed E-state index contributed by atoms with van der Waals surface area (Å²) in [5, 5.41) is 0. The Morgan fingerprint density at radius 2 is 1.78 bits per heavy atom. The highest BCUT2D eigenvalue weighted by Gasteiger charge is 1.88. The maximum Gasteiger partial charge on any atom is 0.192 e. The predicted octanol–water partition coefficient (Wildman–Crippen LogP) is 3.18. The minimum absolute atomic E-state index is 0.874. The molecular formula is C6H4BrIO. The van der Waals surface area contributed by atoms with Crippen molar-refractivity contribution in [2.75, 3.05) is 0 Å². The van der Waals surface area contributed by atoms with Crippen molar-refractivity contribution in [3.8, 4) is 5.75 Å². The number of hydrogen-bond donors (Lipinski definition) is 0. The highest BCUT2D eigenvalue weighted by molar-refractivity contribution is 14.1. The van der Waals surface area contributed by atoms with Crippen LogP contribution in [0.25, 0.3) is 0 Å². The van der Waals surface area contributed by atoms with Gasteiger partial charge in [-0.3, -0.25) is 0 Å². The molecule has 0 radical (unpaired) electrons. The van der Waals surface area contributed by atoms with Gasteiger partial charge in [0.2, 0.25) is 0 Å². The molecular weight excluding hydrogens is 295 g/mol. The molecule has 0 spiro atoms. The lowest BCUT2D eigenvalue weighted by Crippen LogP contribution is -1.70. The maximum atomic E-state index is 4.92. The SMILES string of the molecule is Brc1ccc(OI)cc1. The number of hydrogen-bond acceptors (Lipinski definition) is 1. The van der Waals surface area contributed by atoms with E-state index in [0.29, 0.717) is 0 Å². The van der Waals surface area contributed by atoms with Gasteiger partial charge in [0, 0.05) is 4.47 Å². The lowest BCUT2D eigenvalue weighted by molar-refractivity contribution is 0.717. The van der Waals surface area contributed by atoms with E-state index in [9.17, 15) is 0 Å². The van der Waals surface area contributed by atoms with Gasteiger partial charge in [-0.25, -0.2) is 0 Å². The zero-order valence-electron chi connectivity index (χ0n) is 4.47. The average Bonchev–Trinajstić information content (AvgIpc) is 1.90. The van der Waals surface area contributed by atoms with Gasteiger partial charge in [0.05, 0.1) is 0 Å². The first-order chi connectivity index (χ1) is 4.33. The minimum Gasteiger partial charge on any atom is -0.428 e. The Kier molecular flexibility index (Phi) is 2.78. The predicted molar refractivity (Wildman–Crippen MR) is 48.8 cm³/mol. The fourth-order valence-corrected chi connectivity index (χ4v) is 1.04. The molecule has 48 valence electrons. The normalized spacial score (nSPS) is 9.11. The van der Waals surface area contributed by atoms with Crippen LogP contribution in [0.2, 0.25) is 0 Å². The van der Waals surface area contributed by atoms with Crippen LogP contribution in [0.5, 0.6) is 5.75 Å². The highest BCUT2D eigenvalue weighted by atomic mass is 127. The number of rotatable bonds is 1. The topological polar surface area (TPSA) is 9.23 Å². The van der Waals surface area contributed by atoms with Crippen LogP contribution in [0, 0.1) is 0 Å². The summed E-state index contributed by atoms with van der Waals surface area (Å²) in [4.78, 5) is 0. The fraction of sp³-hybridized carbons (Fsp3) is 0. The van der Waals surface area contributed by atoms with E-state index in [4.69, 9.17) is 3.07 Å². The van der Waals surface area contributed by atoms with Gasteiger partial charge in [0.15, 0.2) is 23.0 Å². The minimum atomic E-state index is 0.874. The third kappa shape index (κ3) is 2.14. The Hall–Kier alpha value is 0.230. The van der Waals surface area contributed by atoms with Crippen LogP contribution >= 0.6 is 38.9 Å². The Morgan fingerprint density at radius 3 is 2.22 bits per heavy atom. The molecule has 0 heterocycles. The van der Waals surface area contributed by atoms with Crippen molar-refractivity contribution in [1.82, 2.24) is 0 Å². The summed E-state index contributed by atoms with van der Waals surface area (Å²) in [5.74, 6) is 0.874. The van der Waals surface area contributed by atoms with Crippen LogP contribution < -0.4 is 3.07 Å². The lowest BCUT2D eigenvalue weighted by Gasteiger charge is -1.93. The molecule has 0 saturated carbocycles. The third-order valence-corrected chi connectivity index (χ3v) is 1.94. The van der Waals surface area contributed by atoms with E-state index in [1.54, 1.807) is 0 Å². The first-order valence-electron chi connectivity index (χ1n) is 2.37. The summed E-state index contributed by atoms with van der Waals surface area (Å²) >= 11 is 5.17. The van der Waals surface area contributed by atoms with E-state index in [1.807, 2.05) is 47.3 Å². The maximum absolute atomic E-state index is 4.92. The first kappa shape index (κ1) is 7.34. The lowest BCUT2D eigenvalue weighted by atomic mass is 10.3. The third-order valence-electron chi connectivity index (χ3n) is 0.903. The molecule has 0 bridgehead atoms. The van der Waals surface area contributed by atoms with Crippen LogP contribution in [0.1, 0.15) is 0 Å². The van der Waals surface area contributed by atoms with Gasteiger partial charge >= 0.3 is 0 Å². The molecule has 0 aliphatic heterocycles. The Balaban J connectivity index is 2.88. The van der Waals surface area contributed by atoms with Crippen molar-refractivity contribution in [2.24, 2.45) is 0 Å². The Labute approximate surface area is 76.2 Å². The molecule has 1 rings (SSSR count). The summed E-state index contributed by atoms with van der Waals surface area (Å²) in [6.07, 6.45) is 0. The van der Waals surface area contributed by atoms with E-state index in [2.05, 4.69) is 15.9 Å². The summed E-state index contributed by atoms with van der Waals surface area (Å²) in [5.41, 5.74) is 0. The van der Waals surface area contributed by atoms with Crippen LogP contribution in [0.4, 0.5) is 0 Å². The van der Waals surface area contributed by atoms with Crippen molar-refractivity contribution >= 4 is 38.9 Å². The van der Waals surface area contributed by atoms with Crippen molar-refractivity contribution < 1.29 is 3.07 Å². The molecule has 3 heteroatoms. The number of benzene rings is 1. The van der Waals surface area contributed by atoms with Crippen molar-refractivity contribution in [3.05, 3.63) is 28.7 Å². The van der Waals surface area contributed by atoms with Crippen molar-refractivity contribution in [2.45, 2.75) is 0 Å². The van der Waals surface area contributed by atoms with Gasteiger partial charge in [-0.2, -0.15) is 0 Å². The van der Waals surface area contributed by atoms with E-state index in [1.165, 1.54) is 0 Å². The van der Waals surface area contributed by atoms with Crippen LogP contribution in [-0.2, 0) is 0 Å². The Bertz CT molecular complexity index is 185. The molecule has 1 aromatic rings. The Morgan fingerprint density at radius 1 is 1.22 bits per heavy atom. The number of halogens is 2. The van der Waals surface area contributed by atoms with Gasteiger partial charge in [0.1, 0.15) is 5.75 Å². The van der Waals surface area contributed by atoms with Gasteiger partial charge in [-0.05, 0) is 24.3 Å². The standard InChI is InChI=1S/C6H4BrIO/c7-5-1-3-6(9-8)4-2-5/h1-4H. The molecule has 0 saturated heterocycles. The largest absolute Gasteiger partial charge is 0.428 e. The molecule has 0 fully saturated rings. The molecule has 0 N–H and O–H groups in total. The fourth-order valence-electron chi connectivity index (χ4n) is 0.486. The second-order valence-electron chi connectivity index (χ2n) is 1.53. The summed E-state index contributed by atoms with van der Waals surface area (Å²) in [7, 11) is 0. The zero-order chi connectivity index (χ0) is 6.69. The molecule has 0 atom stereocenters. The van der Waals surface area contributed by atoms with Crippen molar-refractivity contribution in [1.29, 1.82) is 0 Å². The molecule has 0 aliphatic carbocycles. The van der Waals surface area contributed by atoms with Crippen LogP contribution in [0.3, 0.4) is 0 Å². The summed E-state index contributed by atoms with van der Waals surface area (Å²) in [6, 6.07) is 7.68. The molecule has 0 amide bonds. The van der Waals surface area contributed by atoms with Crippen molar-refractivity contribution in [3.63, 3.8) is 0 Å². The van der Waals surface area contributed by atoms with E-state index < -0.39 is 0 Å². The molecule has 0 aliphatic rings.